The molecule has 0 saturated carbocycles. The molecule has 5 nitrogen and oxygen atoms in total. The van der Waals surface area contributed by atoms with E-state index < -0.39 is 28.0 Å². The van der Waals surface area contributed by atoms with Crippen LogP contribution in [0.15, 0.2) is 57.9 Å². The molecule has 0 bridgehead atoms. The highest BCUT2D eigenvalue weighted by Crippen LogP contribution is 2.30. The first-order valence-corrected chi connectivity index (χ1v) is 11.2. The van der Waals surface area contributed by atoms with Crippen molar-refractivity contribution in [1.82, 2.24) is 0 Å². The molecule has 0 amide bonds. The summed E-state index contributed by atoms with van der Waals surface area (Å²) in [5, 5.41) is 9.55. The zero-order chi connectivity index (χ0) is 20.2. The van der Waals surface area contributed by atoms with Crippen molar-refractivity contribution in [2.75, 3.05) is 6.26 Å². The molecule has 0 aliphatic heterocycles. The largest absolute Gasteiger partial charge is 0.479 e. The van der Waals surface area contributed by atoms with Gasteiger partial charge in [-0.15, -0.1) is 0 Å². The number of sulfone groups is 1. The van der Waals surface area contributed by atoms with Gasteiger partial charge in [0.25, 0.3) is 0 Å². The fourth-order valence-electron chi connectivity index (χ4n) is 2.68. The monoisotopic (exact) mass is 454 g/mol. The van der Waals surface area contributed by atoms with E-state index in [-0.39, 0.29) is 10.8 Å². The number of rotatable bonds is 8. The number of hydrogen-bond acceptors (Lipinski definition) is 4. The average molecular weight is 455 g/mol. The van der Waals surface area contributed by atoms with Gasteiger partial charge in [-0.2, -0.15) is 0 Å². The maximum atomic E-state index is 11.7. The van der Waals surface area contributed by atoms with E-state index in [0.29, 0.717) is 12.0 Å². The van der Waals surface area contributed by atoms with Crippen molar-refractivity contribution in [3.63, 3.8) is 0 Å². The molecule has 0 heterocycles. The molecule has 2 aromatic rings. The Morgan fingerprint density at radius 2 is 1.52 bits per heavy atom. The lowest BCUT2D eigenvalue weighted by atomic mass is 10.00. The standard InChI is InChI=1S/C20H23BrO5S/c1-13(2)12-18(20(22)23)26-19(14-4-8-16(21)9-5-14)15-6-10-17(11-7-15)27(3,24)25/h4-11,13,18-19H,12H2,1-3H3,(H,22,23)/t18-,19?/m0/s1. The van der Waals surface area contributed by atoms with Crippen LogP contribution in [0.3, 0.4) is 0 Å². The molecule has 0 saturated heterocycles. The Hall–Kier alpha value is -1.70. The molecule has 0 aliphatic rings. The third-order valence-electron chi connectivity index (χ3n) is 4.05. The molecule has 7 heteroatoms. The summed E-state index contributed by atoms with van der Waals surface area (Å²) in [6.07, 6.45) is -0.0581. The van der Waals surface area contributed by atoms with Crippen LogP contribution in [0.2, 0.25) is 0 Å². The number of carboxylic acids is 1. The quantitative estimate of drug-likeness (QED) is 0.636. The Kier molecular flexibility index (Phi) is 7.19. The van der Waals surface area contributed by atoms with Crippen molar-refractivity contribution in [3.05, 3.63) is 64.1 Å². The Balaban J connectivity index is 2.43. The molecule has 0 radical (unpaired) electrons. The molecule has 2 rings (SSSR count). The van der Waals surface area contributed by atoms with Gasteiger partial charge in [-0.05, 0) is 47.7 Å². The van der Waals surface area contributed by atoms with Gasteiger partial charge in [-0.1, -0.05) is 54.0 Å². The van der Waals surface area contributed by atoms with E-state index in [1.165, 1.54) is 12.1 Å². The number of halogens is 1. The highest BCUT2D eigenvalue weighted by molar-refractivity contribution is 9.10. The van der Waals surface area contributed by atoms with Crippen LogP contribution in [0.5, 0.6) is 0 Å². The second-order valence-corrected chi connectivity index (χ2v) is 9.80. The van der Waals surface area contributed by atoms with Crippen LogP contribution < -0.4 is 0 Å². The SMILES string of the molecule is CC(C)C[C@H](OC(c1ccc(Br)cc1)c1ccc(S(C)(=O)=O)cc1)C(=O)O. The van der Waals surface area contributed by atoms with Gasteiger partial charge in [0, 0.05) is 10.7 Å². The van der Waals surface area contributed by atoms with E-state index in [4.69, 9.17) is 4.74 Å². The Morgan fingerprint density at radius 3 is 1.93 bits per heavy atom. The van der Waals surface area contributed by atoms with Gasteiger partial charge in [0.2, 0.25) is 0 Å². The topological polar surface area (TPSA) is 80.7 Å². The molecule has 0 aromatic heterocycles. The molecule has 2 atom stereocenters. The first-order chi connectivity index (χ1) is 12.6. The lowest BCUT2D eigenvalue weighted by molar-refractivity contribution is -0.154. The second-order valence-electron chi connectivity index (χ2n) is 6.87. The molecular weight excluding hydrogens is 432 g/mol. The van der Waals surface area contributed by atoms with E-state index >= 15 is 0 Å². The maximum absolute atomic E-state index is 11.7. The summed E-state index contributed by atoms with van der Waals surface area (Å²) in [5.41, 5.74) is 1.49. The number of hydrogen-bond donors (Lipinski definition) is 1. The van der Waals surface area contributed by atoms with Gasteiger partial charge in [0.1, 0.15) is 6.10 Å². The number of carboxylic acid groups (broad SMARTS) is 1. The fraction of sp³-hybridized carbons (Fsp3) is 0.350. The molecule has 0 aliphatic carbocycles. The predicted molar refractivity (Wildman–Crippen MR) is 108 cm³/mol. The molecule has 2 aromatic carbocycles. The zero-order valence-corrected chi connectivity index (χ0v) is 17.8. The number of ether oxygens (including phenoxy) is 1. The Bertz CT molecular complexity index is 874. The van der Waals surface area contributed by atoms with Crippen molar-refractivity contribution >= 4 is 31.7 Å². The first kappa shape index (κ1) is 21.6. The van der Waals surface area contributed by atoms with Crippen molar-refractivity contribution in [1.29, 1.82) is 0 Å². The Morgan fingerprint density at radius 1 is 1.04 bits per heavy atom. The van der Waals surface area contributed by atoms with E-state index in [2.05, 4.69) is 15.9 Å². The zero-order valence-electron chi connectivity index (χ0n) is 15.4. The van der Waals surface area contributed by atoms with Crippen LogP contribution in [-0.4, -0.2) is 31.9 Å². The van der Waals surface area contributed by atoms with Crippen molar-refractivity contribution in [2.24, 2.45) is 5.92 Å². The normalized spacial score (nSPS) is 14.1. The number of aliphatic carboxylic acids is 1. The summed E-state index contributed by atoms with van der Waals surface area (Å²) < 4.78 is 30.3. The van der Waals surface area contributed by atoms with E-state index in [0.717, 1.165) is 16.3 Å². The van der Waals surface area contributed by atoms with Gasteiger partial charge in [0.05, 0.1) is 4.90 Å². The summed E-state index contributed by atoms with van der Waals surface area (Å²) in [5.74, 6) is -0.858. The lowest BCUT2D eigenvalue weighted by Crippen LogP contribution is -2.28. The molecular formula is C20H23BrO5S. The minimum absolute atomic E-state index is 0.157. The first-order valence-electron chi connectivity index (χ1n) is 8.51. The van der Waals surface area contributed by atoms with Gasteiger partial charge < -0.3 is 9.84 Å². The van der Waals surface area contributed by atoms with Gasteiger partial charge in [-0.3, -0.25) is 0 Å². The summed E-state index contributed by atoms with van der Waals surface area (Å²) in [6.45, 7) is 3.88. The number of benzene rings is 2. The second kappa shape index (κ2) is 8.99. The summed E-state index contributed by atoms with van der Waals surface area (Å²) in [4.78, 5) is 11.9. The minimum Gasteiger partial charge on any atom is -0.479 e. The third kappa shape index (κ3) is 6.16. The summed E-state index contributed by atoms with van der Waals surface area (Å²) in [6, 6.07) is 13.8. The molecule has 1 unspecified atom stereocenters. The van der Waals surface area contributed by atoms with Crippen molar-refractivity contribution in [2.45, 2.75) is 37.4 Å². The van der Waals surface area contributed by atoms with E-state index in [9.17, 15) is 18.3 Å². The summed E-state index contributed by atoms with van der Waals surface area (Å²) in [7, 11) is -3.31. The molecule has 1 N–H and O–H groups in total. The van der Waals surface area contributed by atoms with Crippen LogP contribution in [-0.2, 0) is 19.4 Å². The highest BCUT2D eigenvalue weighted by atomic mass is 79.9. The molecule has 0 fully saturated rings. The lowest BCUT2D eigenvalue weighted by Gasteiger charge is -2.24. The van der Waals surface area contributed by atoms with Crippen LogP contribution in [0.4, 0.5) is 0 Å². The Labute approximate surface area is 168 Å². The highest BCUT2D eigenvalue weighted by Gasteiger charge is 2.26. The van der Waals surface area contributed by atoms with Gasteiger partial charge in [-0.25, -0.2) is 13.2 Å². The molecule has 146 valence electrons. The van der Waals surface area contributed by atoms with Crippen molar-refractivity contribution in [3.8, 4) is 0 Å². The van der Waals surface area contributed by atoms with Crippen LogP contribution in [0.1, 0.15) is 37.5 Å². The van der Waals surface area contributed by atoms with Crippen molar-refractivity contribution < 1.29 is 23.1 Å². The van der Waals surface area contributed by atoms with E-state index in [1.54, 1.807) is 12.1 Å². The van der Waals surface area contributed by atoms with Gasteiger partial charge in [0.15, 0.2) is 15.9 Å². The minimum atomic E-state index is -3.31. The van der Waals surface area contributed by atoms with Crippen LogP contribution in [0, 0.1) is 5.92 Å². The fourth-order valence-corrected chi connectivity index (χ4v) is 3.58. The smallest absolute Gasteiger partial charge is 0.332 e. The van der Waals surface area contributed by atoms with Crippen LogP contribution >= 0.6 is 15.9 Å². The van der Waals surface area contributed by atoms with Crippen LogP contribution in [0.25, 0.3) is 0 Å². The maximum Gasteiger partial charge on any atom is 0.332 e. The molecule has 27 heavy (non-hydrogen) atoms. The molecule has 0 spiro atoms. The summed E-state index contributed by atoms with van der Waals surface area (Å²) >= 11 is 3.39. The third-order valence-corrected chi connectivity index (χ3v) is 5.70. The van der Waals surface area contributed by atoms with E-state index in [1.807, 2.05) is 38.1 Å². The average Bonchev–Trinajstić information content (AvgIpc) is 2.58. The number of carbonyl (C=O) groups is 1. The van der Waals surface area contributed by atoms with Gasteiger partial charge >= 0.3 is 5.97 Å². The predicted octanol–water partition coefficient (Wildman–Crippen LogP) is 4.46.